The van der Waals surface area contributed by atoms with Gasteiger partial charge in [0.2, 0.25) is 0 Å². The molecular formula is C12H14N4O. The van der Waals surface area contributed by atoms with Gasteiger partial charge >= 0.3 is 0 Å². The molecule has 0 aliphatic heterocycles. The predicted octanol–water partition coefficient (Wildman–Crippen LogP) is 2.02. The molecule has 0 aliphatic rings. The van der Waals surface area contributed by atoms with Gasteiger partial charge in [-0.3, -0.25) is 9.89 Å². The Morgan fingerprint density at radius 2 is 2.18 bits per heavy atom. The third kappa shape index (κ3) is 1.91. The van der Waals surface area contributed by atoms with Crippen LogP contribution in [0.3, 0.4) is 0 Å². The summed E-state index contributed by atoms with van der Waals surface area (Å²) in [5.41, 5.74) is 3.40. The summed E-state index contributed by atoms with van der Waals surface area (Å²) in [4.78, 5) is 15.9. The van der Waals surface area contributed by atoms with Crippen LogP contribution in [-0.4, -0.2) is 28.0 Å². The molecule has 0 bridgehead atoms. The van der Waals surface area contributed by atoms with Gasteiger partial charge in [0.1, 0.15) is 5.82 Å². The molecule has 2 heterocycles. The zero-order valence-electron chi connectivity index (χ0n) is 10.0. The van der Waals surface area contributed by atoms with Crippen molar-refractivity contribution in [2.75, 3.05) is 12.4 Å². The number of rotatable bonds is 3. The van der Waals surface area contributed by atoms with Crippen molar-refractivity contribution < 1.29 is 4.79 Å². The van der Waals surface area contributed by atoms with E-state index in [1.807, 2.05) is 6.92 Å². The molecule has 0 saturated carbocycles. The summed E-state index contributed by atoms with van der Waals surface area (Å²) in [6.07, 6.45) is 5.25. The van der Waals surface area contributed by atoms with Gasteiger partial charge in [0.15, 0.2) is 5.78 Å². The van der Waals surface area contributed by atoms with E-state index in [1.165, 1.54) is 0 Å². The Bertz CT molecular complexity index is 546. The van der Waals surface area contributed by atoms with Crippen molar-refractivity contribution >= 4 is 11.6 Å². The van der Waals surface area contributed by atoms with Crippen LogP contribution in [0.1, 0.15) is 22.8 Å². The van der Waals surface area contributed by atoms with Gasteiger partial charge < -0.3 is 5.32 Å². The van der Waals surface area contributed by atoms with Gasteiger partial charge in [0, 0.05) is 30.6 Å². The first-order chi connectivity index (χ1) is 8.15. The molecule has 5 nitrogen and oxygen atoms in total. The molecule has 2 aromatic rings. The van der Waals surface area contributed by atoms with Crippen molar-refractivity contribution in [1.29, 1.82) is 0 Å². The van der Waals surface area contributed by atoms with Crippen LogP contribution in [0, 0.1) is 6.92 Å². The van der Waals surface area contributed by atoms with Gasteiger partial charge in [0.25, 0.3) is 0 Å². The number of Topliss-reactive ketones (excluding diaryl/α,β-unsaturated/α-hetero) is 1. The number of nitrogens with zero attached hydrogens (tertiary/aromatic N) is 2. The molecule has 0 spiro atoms. The lowest BCUT2D eigenvalue weighted by Crippen LogP contribution is -2.06. The van der Waals surface area contributed by atoms with E-state index in [-0.39, 0.29) is 5.78 Å². The molecule has 0 saturated heterocycles. The van der Waals surface area contributed by atoms with Crippen LogP contribution in [0.25, 0.3) is 11.1 Å². The molecule has 5 heteroatoms. The van der Waals surface area contributed by atoms with E-state index in [0.29, 0.717) is 11.4 Å². The van der Waals surface area contributed by atoms with Gasteiger partial charge in [0.05, 0.1) is 11.8 Å². The second-order valence-corrected chi connectivity index (χ2v) is 3.81. The van der Waals surface area contributed by atoms with E-state index in [4.69, 9.17) is 0 Å². The SMILES string of the molecule is CNc1ncc(-c2cn[nH]c2)c(C)c1C(C)=O. The van der Waals surface area contributed by atoms with E-state index >= 15 is 0 Å². The summed E-state index contributed by atoms with van der Waals surface area (Å²) >= 11 is 0. The number of aromatic amines is 1. The maximum atomic E-state index is 11.7. The Labute approximate surface area is 99.3 Å². The quantitative estimate of drug-likeness (QED) is 0.791. The summed E-state index contributed by atoms with van der Waals surface area (Å²) < 4.78 is 0. The Balaban J connectivity index is 2.65. The monoisotopic (exact) mass is 230 g/mol. The molecule has 0 amide bonds. The van der Waals surface area contributed by atoms with E-state index in [2.05, 4.69) is 20.5 Å². The number of pyridine rings is 1. The van der Waals surface area contributed by atoms with Crippen LogP contribution < -0.4 is 5.32 Å². The van der Waals surface area contributed by atoms with Crippen molar-refractivity contribution in [1.82, 2.24) is 15.2 Å². The number of hydrogen-bond donors (Lipinski definition) is 2. The molecular weight excluding hydrogens is 216 g/mol. The van der Waals surface area contributed by atoms with Crippen LogP contribution in [-0.2, 0) is 0 Å². The predicted molar refractivity (Wildman–Crippen MR) is 66.1 cm³/mol. The van der Waals surface area contributed by atoms with Crippen molar-refractivity contribution in [3.8, 4) is 11.1 Å². The number of anilines is 1. The first-order valence-electron chi connectivity index (χ1n) is 5.32. The largest absolute Gasteiger partial charge is 0.373 e. The minimum atomic E-state index is 0.00435. The molecule has 2 N–H and O–H groups in total. The first kappa shape index (κ1) is 11.3. The Morgan fingerprint density at radius 3 is 2.71 bits per heavy atom. The topological polar surface area (TPSA) is 70.7 Å². The molecule has 0 radical (unpaired) electrons. The molecule has 0 unspecified atom stereocenters. The van der Waals surface area contributed by atoms with Gasteiger partial charge in [-0.1, -0.05) is 0 Å². The molecule has 0 atom stereocenters. The fourth-order valence-electron chi connectivity index (χ4n) is 1.91. The van der Waals surface area contributed by atoms with Gasteiger partial charge in [-0.05, 0) is 19.4 Å². The summed E-state index contributed by atoms with van der Waals surface area (Å²) in [7, 11) is 1.76. The van der Waals surface area contributed by atoms with E-state index in [9.17, 15) is 4.79 Å². The number of carbonyl (C=O) groups is 1. The Kier molecular flexibility index (Phi) is 2.91. The summed E-state index contributed by atoms with van der Waals surface area (Å²) in [5.74, 6) is 0.618. The highest BCUT2D eigenvalue weighted by atomic mass is 16.1. The fourth-order valence-corrected chi connectivity index (χ4v) is 1.91. The van der Waals surface area contributed by atoms with Gasteiger partial charge in [-0.15, -0.1) is 0 Å². The minimum Gasteiger partial charge on any atom is -0.373 e. The molecule has 0 fully saturated rings. The molecule has 0 aliphatic carbocycles. The highest BCUT2D eigenvalue weighted by Gasteiger charge is 2.15. The molecule has 0 aromatic carbocycles. The maximum absolute atomic E-state index is 11.7. The normalized spacial score (nSPS) is 10.3. The summed E-state index contributed by atoms with van der Waals surface area (Å²) in [5, 5.41) is 9.59. The third-order valence-electron chi connectivity index (χ3n) is 2.74. The zero-order valence-corrected chi connectivity index (χ0v) is 10.0. The first-order valence-corrected chi connectivity index (χ1v) is 5.32. The van der Waals surface area contributed by atoms with Crippen molar-refractivity contribution in [2.24, 2.45) is 0 Å². The minimum absolute atomic E-state index is 0.00435. The third-order valence-corrected chi connectivity index (χ3v) is 2.74. The number of hydrogen-bond acceptors (Lipinski definition) is 4. The van der Waals surface area contributed by atoms with Gasteiger partial charge in [-0.25, -0.2) is 4.98 Å². The van der Waals surface area contributed by atoms with Crippen LogP contribution in [0.15, 0.2) is 18.6 Å². The number of ketones is 1. The van der Waals surface area contributed by atoms with Crippen LogP contribution in [0.5, 0.6) is 0 Å². The number of nitrogens with one attached hydrogen (secondary N) is 2. The van der Waals surface area contributed by atoms with E-state index in [0.717, 1.165) is 16.7 Å². The number of carbonyl (C=O) groups excluding carboxylic acids is 1. The maximum Gasteiger partial charge on any atom is 0.163 e. The lowest BCUT2D eigenvalue weighted by molar-refractivity contribution is 0.101. The second kappa shape index (κ2) is 4.37. The fraction of sp³-hybridized carbons (Fsp3) is 0.250. The average Bonchev–Trinajstić information content (AvgIpc) is 2.81. The number of aromatic nitrogens is 3. The van der Waals surface area contributed by atoms with Crippen LogP contribution >= 0.6 is 0 Å². The molecule has 17 heavy (non-hydrogen) atoms. The van der Waals surface area contributed by atoms with Crippen molar-refractivity contribution in [2.45, 2.75) is 13.8 Å². The lowest BCUT2D eigenvalue weighted by atomic mass is 9.99. The van der Waals surface area contributed by atoms with Crippen molar-refractivity contribution in [3.63, 3.8) is 0 Å². The highest BCUT2D eigenvalue weighted by Crippen LogP contribution is 2.28. The Morgan fingerprint density at radius 1 is 1.41 bits per heavy atom. The molecule has 2 rings (SSSR count). The average molecular weight is 230 g/mol. The number of H-pyrrole nitrogens is 1. The van der Waals surface area contributed by atoms with Crippen molar-refractivity contribution in [3.05, 3.63) is 29.7 Å². The summed E-state index contributed by atoms with van der Waals surface area (Å²) in [6, 6.07) is 0. The van der Waals surface area contributed by atoms with E-state index < -0.39 is 0 Å². The lowest BCUT2D eigenvalue weighted by Gasteiger charge is -2.11. The highest BCUT2D eigenvalue weighted by molar-refractivity contribution is 6.01. The Hall–Kier alpha value is -2.17. The van der Waals surface area contributed by atoms with Crippen LogP contribution in [0.4, 0.5) is 5.82 Å². The zero-order chi connectivity index (χ0) is 12.4. The summed E-state index contributed by atoms with van der Waals surface area (Å²) in [6.45, 7) is 3.46. The molecule has 88 valence electrons. The van der Waals surface area contributed by atoms with Crippen LogP contribution in [0.2, 0.25) is 0 Å². The molecule has 2 aromatic heterocycles. The van der Waals surface area contributed by atoms with E-state index in [1.54, 1.807) is 32.6 Å². The second-order valence-electron chi connectivity index (χ2n) is 3.81. The van der Waals surface area contributed by atoms with Gasteiger partial charge in [-0.2, -0.15) is 5.10 Å². The standard InChI is InChI=1S/C12H14N4O/c1-7-10(9-4-15-16-5-9)6-14-12(13-3)11(7)8(2)17/h4-6H,1-3H3,(H,13,14)(H,15,16). The smallest absolute Gasteiger partial charge is 0.163 e.